The molecular formula is C23H43N5O11. The third kappa shape index (κ3) is 11.9. The fourth-order valence-electron chi connectivity index (χ4n) is 3.44. The van der Waals surface area contributed by atoms with Crippen LogP contribution >= 0.6 is 0 Å². The Morgan fingerprint density at radius 1 is 1.05 bits per heavy atom. The molecule has 1 aliphatic rings. The van der Waals surface area contributed by atoms with Gasteiger partial charge in [0, 0.05) is 18.3 Å². The van der Waals surface area contributed by atoms with E-state index in [1.54, 1.807) is 20.0 Å². The molecule has 1 fully saturated rings. The van der Waals surface area contributed by atoms with E-state index >= 15 is 0 Å². The fraction of sp³-hybridized carbons (Fsp3) is 0.739. The maximum Gasteiger partial charge on any atom is 0.321 e. The van der Waals surface area contributed by atoms with E-state index in [1.165, 1.54) is 6.33 Å². The minimum atomic E-state index is -1.81. The Labute approximate surface area is 226 Å². The Hall–Kier alpha value is -2.70. The van der Waals surface area contributed by atoms with Gasteiger partial charge < -0.3 is 56.9 Å². The molecule has 1 saturated heterocycles. The lowest BCUT2D eigenvalue weighted by Gasteiger charge is -2.35. The summed E-state index contributed by atoms with van der Waals surface area (Å²) in [6.45, 7) is 5.90. The molecule has 2 heterocycles. The van der Waals surface area contributed by atoms with Crippen LogP contribution in [0, 0.1) is 11.8 Å². The van der Waals surface area contributed by atoms with Crippen molar-refractivity contribution >= 4 is 17.9 Å². The summed E-state index contributed by atoms with van der Waals surface area (Å²) in [5, 5.41) is 66.4. The zero-order valence-electron chi connectivity index (χ0n) is 22.5. The number of imidazole rings is 1. The molecule has 0 spiro atoms. The van der Waals surface area contributed by atoms with Gasteiger partial charge in [0.2, 0.25) is 0 Å². The Kier molecular flexibility index (Phi) is 15.9. The van der Waals surface area contributed by atoms with Gasteiger partial charge >= 0.3 is 17.9 Å². The van der Waals surface area contributed by atoms with Crippen LogP contribution < -0.4 is 16.8 Å². The average molecular weight is 566 g/mol. The van der Waals surface area contributed by atoms with Gasteiger partial charge in [-0.2, -0.15) is 0 Å². The number of carbonyl (C=O) groups is 3. The Morgan fingerprint density at radius 3 is 1.92 bits per heavy atom. The summed E-state index contributed by atoms with van der Waals surface area (Å²) in [4.78, 5) is 38.0. The zero-order valence-corrected chi connectivity index (χ0v) is 22.5. The van der Waals surface area contributed by atoms with Crippen LogP contribution in [0.3, 0.4) is 0 Å². The predicted octanol–water partition coefficient (Wildman–Crippen LogP) is -2.70. The lowest BCUT2D eigenvalue weighted by Crippen LogP contribution is -2.63. The molecule has 13 N–H and O–H groups in total. The highest BCUT2D eigenvalue weighted by atomic mass is 16.6. The molecule has 0 bridgehead atoms. The van der Waals surface area contributed by atoms with E-state index in [-0.39, 0.29) is 12.3 Å². The first-order valence-corrected chi connectivity index (χ1v) is 12.2. The monoisotopic (exact) mass is 565 g/mol. The molecule has 0 aliphatic carbocycles. The second-order valence-electron chi connectivity index (χ2n) is 9.83. The standard InChI is InChI=1S/C11H21NO7.C6H9N3O2.C6H13NO2/c1-5(2)7(10(17)18)12-11(4-14)9(16)8(15)6(3-13)19-11;7-5(6(10)11)1-4-2-8-3-9-4;1-4(2)3-5(7)6(8)9/h5-9,12-16H,3-4H2,1-2H3,(H,17,18);2-3,5H,1,7H2,(H,8,9)(H,10,11);4-5H,3,7H2,1-2H3,(H,8,9)/t6-,7?,8-,9+,11?;;/m1../s1. The second kappa shape index (κ2) is 17.1. The molecule has 7 atom stereocenters. The molecule has 1 aliphatic heterocycles. The van der Waals surface area contributed by atoms with Crippen LogP contribution in [0.5, 0.6) is 0 Å². The molecule has 4 unspecified atom stereocenters. The predicted molar refractivity (Wildman–Crippen MR) is 136 cm³/mol. The topological polar surface area (TPSA) is 295 Å². The number of H-pyrrole nitrogens is 1. The maximum absolute atomic E-state index is 11.1. The number of aliphatic hydroxyl groups excluding tert-OH is 4. The summed E-state index contributed by atoms with van der Waals surface area (Å²) in [5.74, 6) is -3.05. The average Bonchev–Trinajstić information content (AvgIpc) is 3.44. The molecule has 2 rings (SSSR count). The van der Waals surface area contributed by atoms with Crippen molar-refractivity contribution in [1.29, 1.82) is 0 Å². The van der Waals surface area contributed by atoms with E-state index in [0.29, 0.717) is 12.3 Å². The van der Waals surface area contributed by atoms with E-state index in [0.717, 1.165) is 5.69 Å². The maximum atomic E-state index is 11.1. The molecule has 39 heavy (non-hydrogen) atoms. The first kappa shape index (κ1) is 36.3. The summed E-state index contributed by atoms with van der Waals surface area (Å²) in [6.07, 6.45) is -0.157. The van der Waals surface area contributed by atoms with Crippen LogP contribution in [0.2, 0.25) is 0 Å². The number of aliphatic carboxylic acids is 3. The number of rotatable bonds is 12. The number of nitrogens with zero attached hydrogens (tertiary/aromatic N) is 1. The van der Waals surface area contributed by atoms with E-state index < -0.39 is 73.3 Å². The van der Waals surface area contributed by atoms with Gasteiger partial charge in [-0.05, 0) is 18.3 Å². The van der Waals surface area contributed by atoms with Crippen molar-refractivity contribution in [2.24, 2.45) is 23.3 Å². The zero-order chi connectivity index (χ0) is 30.5. The van der Waals surface area contributed by atoms with E-state index in [2.05, 4.69) is 15.3 Å². The van der Waals surface area contributed by atoms with Crippen LogP contribution in [-0.4, -0.2) is 119 Å². The number of nitrogens with two attached hydrogens (primary N) is 2. The number of aromatic nitrogens is 2. The van der Waals surface area contributed by atoms with Crippen LogP contribution in [0.1, 0.15) is 39.8 Å². The highest BCUT2D eigenvalue weighted by Gasteiger charge is 2.55. The molecule has 1 aromatic heterocycles. The van der Waals surface area contributed by atoms with E-state index in [1.807, 2.05) is 13.8 Å². The van der Waals surface area contributed by atoms with Crippen molar-refractivity contribution < 1.29 is 54.9 Å². The van der Waals surface area contributed by atoms with E-state index in [9.17, 15) is 29.7 Å². The summed E-state index contributed by atoms with van der Waals surface area (Å²) in [7, 11) is 0. The van der Waals surface area contributed by atoms with Gasteiger partial charge in [0.25, 0.3) is 0 Å². The van der Waals surface area contributed by atoms with Gasteiger partial charge in [0.05, 0.1) is 19.5 Å². The van der Waals surface area contributed by atoms with Gasteiger partial charge in [-0.15, -0.1) is 0 Å². The molecular weight excluding hydrogens is 522 g/mol. The van der Waals surface area contributed by atoms with Crippen molar-refractivity contribution in [3.05, 3.63) is 18.2 Å². The molecule has 1 aromatic rings. The van der Waals surface area contributed by atoms with Crippen LogP contribution in [0.25, 0.3) is 0 Å². The lowest BCUT2D eigenvalue weighted by molar-refractivity contribution is -0.160. The Balaban J connectivity index is 0.000000612. The largest absolute Gasteiger partial charge is 0.480 e. The molecule has 0 radical (unpaired) electrons. The SMILES string of the molecule is CC(C)C(NC1(CO)O[C@H](CO)[C@@H](O)[C@@H]1O)C(=O)O.CC(C)CC(N)C(=O)O.NC(Cc1cnc[nH]1)C(=O)O. The molecule has 226 valence electrons. The van der Waals surface area contributed by atoms with Crippen molar-refractivity contribution in [1.82, 2.24) is 15.3 Å². The minimum absolute atomic E-state index is 0.287. The normalized spacial score (nSPS) is 24.7. The number of carboxylic acids is 3. The van der Waals surface area contributed by atoms with Gasteiger partial charge in [-0.3, -0.25) is 19.7 Å². The second-order valence-corrected chi connectivity index (χ2v) is 9.83. The number of carboxylic acid groups (broad SMARTS) is 3. The first-order chi connectivity index (χ1) is 18.0. The first-order valence-electron chi connectivity index (χ1n) is 12.2. The Morgan fingerprint density at radius 2 is 1.62 bits per heavy atom. The number of aromatic amines is 1. The molecule has 16 heteroatoms. The van der Waals surface area contributed by atoms with Crippen LogP contribution in [0.15, 0.2) is 12.5 Å². The quantitative estimate of drug-likeness (QED) is 0.123. The number of hydrogen-bond donors (Lipinski definition) is 11. The number of nitrogens with one attached hydrogen (secondary N) is 2. The molecule has 0 amide bonds. The smallest absolute Gasteiger partial charge is 0.321 e. The highest BCUT2D eigenvalue weighted by molar-refractivity contribution is 5.74. The van der Waals surface area contributed by atoms with Gasteiger partial charge in [0.15, 0.2) is 5.72 Å². The number of hydrogen-bond acceptors (Lipinski definition) is 12. The Bertz CT molecular complexity index is 871. The molecule has 16 nitrogen and oxygen atoms in total. The highest BCUT2D eigenvalue weighted by Crippen LogP contribution is 2.30. The number of aliphatic hydroxyl groups is 4. The third-order valence-corrected chi connectivity index (χ3v) is 5.65. The van der Waals surface area contributed by atoms with Crippen molar-refractivity contribution in [2.45, 2.75) is 82.7 Å². The summed E-state index contributed by atoms with van der Waals surface area (Å²) in [6, 6.07) is -2.62. The third-order valence-electron chi connectivity index (χ3n) is 5.65. The molecule has 0 aromatic carbocycles. The molecule has 0 saturated carbocycles. The van der Waals surface area contributed by atoms with Crippen molar-refractivity contribution in [3.63, 3.8) is 0 Å². The van der Waals surface area contributed by atoms with Crippen LogP contribution in [0.4, 0.5) is 0 Å². The van der Waals surface area contributed by atoms with Crippen LogP contribution in [-0.2, 0) is 25.5 Å². The minimum Gasteiger partial charge on any atom is -0.480 e. The van der Waals surface area contributed by atoms with E-state index in [4.69, 9.17) is 36.6 Å². The lowest BCUT2D eigenvalue weighted by atomic mass is 9.98. The summed E-state index contributed by atoms with van der Waals surface area (Å²) < 4.78 is 5.23. The van der Waals surface area contributed by atoms with Crippen molar-refractivity contribution in [3.8, 4) is 0 Å². The van der Waals surface area contributed by atoms with Gasteiger partial charge in [0.1, 0.15) is 36.4 Å². The van der Waals surface area contributed by atoms with Gasteiger partial charge in [-0.25, -0.2) is 4.98 Å². The summed E-state index contributed by atoms with van der Waals surface area (Å²) >= 11 is 0. The van der Waals surface area contributed by atoms with Crippen molar-refractivity contribution in [2.75, 3.05) is 13.2 Å². The van der Waals surface area contributed by atoms with Gasteiger partial charge in [-0.1, -0.05) is 27.7 Å². The summed E-state index contributed by atoms with van der Waals surface area (Å²) in [5.41, 5.74) is 9.41. The fourth-order valence-corrected chi connectivity index (χ4v) is 3.44. The number of ether oxygens (including phenoxy) is 1.